The maximum Gasteiger partial charge on any atom is 0.311 e. The van der Waals surface area contributed by atoms with Gasteiger partial charge < -0.3 is 10.0 Å². The van der Waals surface area contributed by atoms with Crippen molar-refractivity contribution < 1.29 is 14.8 Å². The van der Waals surface area contributed by atoms with Crippen LogP contribution in [0.5, 0.6) is 0 Å². The third-order valence-corrected chi connectivity index (χ3v) is 3.26. The van der Waals surface area contributed by atoms with Gasteiger partial charge in [0.25, 0.3) is 5.69 Å². The smallest absolute Gasteiger partial charge is 0.311 e. The van der Waals surface area contributed by atoms with E-state index >= 15 is 0 Å². The second kappa shape index (κ2) is 4.25. The quantitative estimate of drug-likeness (QED) is 0.642. The summed E-state index contributed by atoms with van der Waals surface area (Å²) in [7, 11) is 0. The first-order valence-electron chi connectivity index (χ1n) is 5.51. The van der Waals surface area contributed by atoms with Crippen molar-refractivity contribution in [2.75, 3.05) is 18.0 Å². The normalized spacial score (nSPS) is 23.1. The molecule has 0 saturated carbocycles. The van der Waals surface area contributed by atoms with Gasteiger partial charge in [-0.25, -0.2) is 4.98 Å². The van der Waals surface area contributed by atoms with Gasteiger partial charge in [-0.2, -0.15) is 0 Å². The molecule has 0 bridgehead atoms. The molecular formula is C11H13N3O4. The second-order valence-electron chi connectivity index (χ2n) is 4.67. The standard InChI is InChI=1S/C11H13N3O4/c1-11(10(15)16)4-5-13(7-11)9-3-2-8(6-12-9)14(17)18/h2-3,6H,4-5,7H2,1H3,(H,15,16). The molecule has 0 radical (unpaired) electrons. The average Bonchev–Trinajstić information content (AvgIpc) is 2.73. The Kier molecular flexibility index (Phi) is 2.90. The Morgan fingerprint density at radius 3 is 2.78 bits per heavy atom. The molecule has 1 N–H and O–H groups in total. The van der Waals surface area contributed by atoms with Crippen molar-refractivity contribution in [2.24, 2.45) is 5.41 Å². The van der Waals surface area contributed by atoms with Gasteiger partial charge in [-0.15, -0.1) is 0 Å². The van der Waals surface area contributed by atoms with E-state index in [0.717, 1.165) is 0 Å². The lowest BCUT2D eigenvalue weighted by Crippen LogP contribution is -2.31. The number of carboxylic acid groups (broad SMARTS) is 1. The van der Waals surface area contributed by atoms with Crippen molar-refractivity contribution in [1.29, 1.82) is 0 Å². The molecule has 1 fully saturated rings. The summed E-state index contributed by atoms with van der Waals surface area (Å²) in [5.74, 6) is -0.252. The molecule has 96 valence electrons. The zero-order valence-corrected chi connectivity index (χ0v) is 9.87. The molecule has 0 aromatic carbocycles. The zero-order valence-electron chi connectivity index (χ0n) is 9.87. The second-order valence-corrected chi connectivity index (χ2v) is 4.67. The van der Waals surface area contributed by atoms with Gasteiger partial charge in [0.2, 0.25) is 0 Å². The molecule has 2 heterocycles. The summed E-state index contributed by atoms with van der Waals surface area (Å²) in [4.78, 5) is 26.9. The Labute approximate surface area is 103 Å². The van der Waals surface area contributed by atoms with Crippen LogP contribution in [0.15, 0.2) is 18.3 Å². The minimum Gasteiger partial charge on any atom is -0.481 e. The number of nitro groups is 1. The highest BCUT2D eigenvalue weighted by Gasteiger charge is 2.40. The highest BCUT2D eigenvalue weighted by atomic mass is 16.6. The third kappa shape index (κ3) is 2.11. The first-order valence-corrected chi connectivity index (χ1v) is 5.51. The molecule has 7 nitrogen and oxygen atoms in total. The Hall–Kier alpha value is -2.18. The lowest BCUT2D eigenvalue weighted by molar-refractivity contribution is -0.385. The van der Waals surface area contributed by atoms with Gasteiger partial charge in [0.05, 0.1) is 10.3 Å². The van der Waals surface area contributed by atoms with Gasteiger partial charge in [0, 0.05) is 19.2 Å². The fourth-order valence-electron chi connectivity index (χ4n) is 2.00. The predicted molar refractivity (Wildman–Crippen MR) is 63.5 cm³/mol. The molecule has 1 aliphatic heterocycles. The summed E-state index contributed by atoms with van der Waals surface area (Å²) >= 11 is 0. The highest BCUT2D eigenvalue weighted by molar-refractivity contribution is 5.76. The van der Waals surface area contributed by atoms with Crippen molar-refractivity contribution in [2.45, 2.75) is 13.3 Å². The summed E-state index contributed by atoms with van der Waals surface area (Å²) in [6.07, 6.45) is 1.73. The zero-order chi connectivity index (χ0) is 13.3. The molecule has 7 heteroatoms. The minimum atomic E-state index is -0.827. The van der Waals surface area contributed by atoms with E-state index in [1.54, 1.807) is 13.0 Å². The van der Waals surface area contributed by atoms with E-state index < -0.39 is 16.3 Å². The molecule has 0 spiro atoms. The van der Waals surface area contributed by atoms with Crippen molar-refractivity contribution in [1.82, 2.24) is 4.98 Å². The number of carbonyl (C=O) groups is 1. The van der Waals surface area contributed by atoms with Gasteiger partial charge in [0.1, 0.15) is 12.0 Å². The van der Waals surface area contributed by atoms with Crippen LogP contribution in [0.4, 0.5) is 11.5 Å². The summed E-state index contributed by atoms with van der Waals surface area (Å²) in [5.41, 5.74) is -0.845. The number of nitrogens with zero attached hydrogens (tertiary/aromatic N) is 3. The Morgan fingerprint density at radius 2 is 2.33 bits per heavy atom. The summed E-state index contributed by atoms with van der Waals surface area (Å²) < 4.78 is 0. The van der Waals surface area contributed by atoms with Gasteiger partial charge >= 0.3 is 5.97 Å². The summed E-state index contributed by atoms with van der Waals surface area (Å²) in [6, 6.07) is 2.92. The Balaban J connectivity index is 2.15. The first kappa shape index (κ1) is 12.3. The number of hydrogen-bond donors (Lipinski definition) is 1. The minimum absolute atomic E-state index is 0.0704. The number of carboxylic acids is 1. The van der Waals surface area contributed by atoms with Crippen molar-refractivity contribution in [3.63, 3.8) is 0 Å². The van der Waals surface area contributed by atoms with E-state index in [9.17, 15) is 14.9 Å². The van der Waals surface area contributed by atoms with Crippen molar-refractivity contribution in [3.05, 3.63) is 28.4 Å². The lowest BCUT2D eigenvalue weighted by atomic mass is 9.90. The molecule has 1 aliphatic rings. The van der Waals surface area contributed by atoms with Gasteiger partial charge in [-0.1, -0.05) is 0 Å². The number of anilines is 1. The summed E-state index contributed by atoms with van der Waals surface area (Å²) in [5, 5.41) is 19.6. The number of aliphatic carboxylic acids is 1. The molecule has 1 saturated heterocycles. The predicted octanol–water partition coefficient (Wildman–Crippen LogP) is 1.29. The SMILES string of the molecule is CC1(C(=O)O)CCN(c2ccc([N+](=O)[O-])cn2)C1. The molecule has 18 heavy (non-hydrogen) atoms. The van der Waals surface area contributed by atoms with E-state index in [1.165, 1.54) is 12.3 Å². The van der Waals surface area contributed by atoms with E-state index in [2.05, 4.69) is 4.98 Å². The maximum absolute atomic E-state index is 11.1. The van der Waals surface area contributed by atoms with E-state index in [0.29, 0.717) is 25.3 Å². The van der Waals surface area contributed by atoms with Crippen LogP contribution in [0.2, 0.25) is 0 Å². The molecule has 1 unspecified atom stereocenters. The van der Waals surface area contributed by atoms with E-state index in [1.807, 2.05) is 4.90 Å². The van der Waals surface area contributed by atoms with Gasteiger partial charge in [-0.05, 0) is 19.4 Å². The van der Waals surface area contributed by atoms with Crippen LogP contribution in [0.3, 0.4) is 0 Å². The van der Waals surface area contributed by atoms with E-state index in [-0.39, 0.29) is 5.69 Å². The fourth-order valence-corrected chi connectivity index (χ4v) is 2.00. The van der Waals surface area contributed by atoms with Crippen molar-refractivity contribution in [3.8, 4) is 0 Å². The molecule has 0 aliphatic carbocycles. The third-order valence-electron chi connectivity index (χ3n) is 3.26. The van der Waals surface area contributed by atoms with Crippen LogP contribution in [-0.4, -0.2) is 34.1 Å². The highest BCUT2D eigenvalue weighted by Crippen LogP contribution is 2.32. The first-order chi connectivity index (χ1) is 8.42. The van der Waals surface area contributed by atoms with Crippen LogP contribution >= 0.6 is 0 Å². The average molecular weight is 251 g/mol. The number of pyridine rings is 1. The largest absolute Gasteiger partial charge is 0.481 e. The number of hydrogen-bond acceptors (Lipinski definition) is 5. The van der Waals surface area contributed by atoms with Crippen molar-refractivity contribution >= 4 is 17.5 Å². The van der Waals surface area contributed by atoms with Crippen LogP contribution in [0.25, 0.3) is 0 Å². The molecule has 0 amide bonds. The van der Waals surface area contributed by atoms with Gasteiger partial charge in [-0.3, -0.25) is 14.9 Å². The van der Waals surface area contributed by atoms with E-state index in [4.69, 9.17) is 5.11 Å². The monoisotopic (exact) mass is 251 g/mol. The topological polar surface area (TPSA) is 96.6 Å². The molecule has 1 aromatic rings. The molecule has 1 aromatic heterocycles. The van der Waals surface area contributed by atoms with Gasteiger partial charge in [0.15, 0.2) is 0 Å². The van der Waals surface area contributed by atoms with Crippen LogP contribution in [0.1, 0.15) is 13.3 Å². The molecular weight excluding hydrogens is 238 g/mol. The number of rotatable bonds is 3. The molecule has 1 atom stereocenters. The Bertz CT molecular complexity index is 488. The summed E-state index contributed by atoms with van der Waals surface area (Å²) in [6.45, 7) is 2.65. The molecule has 2 rings (SSSR count). The number of aromatic nitrogens is 1. The Morgan fingerprint density at radius 1 is 1.61 bits per heavy atom. The maximum atomic E-state index is 11.1. The van der Waals surface area contributed by atoms with Crippen LogP contribution < -0.4 is 4.90 Å². The van der Waals surface area contributed by atoms with Crippen LogP contribution in [-0.2, 0) is 4.79 Å². The lowest BCUT2D eigenvalue weighted by Gasteiger charge is -2.20. The fraction of sp³-hybridized carbons (Fsp3) is 0.455. The van der Waals surface area contributed by atoms with Crippen LogP contribution in [0, 0.1) is 15.5 Å².